The quantitative estimate of drug-likeness (QED) is 0.436. The van der Waals surface area contributed by atoms with Crippen LogP contribution in [0.2, 0.25) is 0 Å². The Balaban J connectivity index is 2.04. The second kappa shape index (κ2) is 3.01. The maximum atomic E-state index is 11.3. The fraction of sp³-hybridized carbons (Fsp3) is 0.857. The molecule has 2 heterocycles. The first kappa shape index (κ1) is 7.97. The van der Waals surface area contributed by atoms with Crippen LogP contribution in [0.3, 0.4) is 0 Å². The zero-order valence-electron chi connectivity index (χ0n) is 7.13. The van der Waals surface area contributed by atoms with Gasteiger partial charge in [-0.2, -0.15) is 0 Å². The molecule has 5 heteroatoms. The number of hydrogen-bond donors (Lipinski definition) is 3. The van der Waals surface area contributed by atoms with E-state index in [9.17, 15) is 4.79 Å². The van der Waals surface area contributed by atoms with Gasteiger partial charge in [0.2, 0.25) is 5.91 Å². The molecule has 2 atom stereocenters. The lowest BCUT2D eigenvalue weighted by Gasteiger charge is -2.24. The molecule has 2 aliphatic rings. The minimum atomic E-state index is -0.0706. The molecule has 0 aromatic heterocycles. The zero-order valence-corrected chi connectivity index (χ0v) is 7.13. The van der Waals surface area contributed by atoms with Crippen molar-refractivity contribution >= 4 is 5.91 Å². The Morgan fingerprint density at radius 1 is 1.67 bits per heavy atom. The lowest BCUT2D eigenvalue weighted by Crippen LogP contribution is -2.60. The van der Waals surface area contributed by atoms with Gasteiger partial charge < -0.3 is 5.32 Å². The molecule has 0 aliphatic carbocycles. The van der Waals surface area contributed by atoms with Crippen molar-refractivity contribution in [1.29, 1.82) is 0 Å². The normalized spacial score (nSPS) is 36.2. The molecule has 2 aliphatic heterocycles. The van der Waals surface area contributed by atoms with Gasteiger partial charge in [0.05, 0.1) is 6.67 Å². The molecule has 3 N–H and O–H groups in total. The van der Waals surface area contributed by atoms with Crippen LogP contribution in [-0.2, 0) is 4.79 Å². The zero-order chi connectivity index (χ0) is 8.55. The van der Waals surface area contributed by atoms with Crippen LogP contribution in [0.25, 0.3) is 0 Å². The summed E-state index contributed by atoms with van der Waals surface area (Å²) in [6, 6.07) is 0.206. The third-order valence-corrected chi connectivity index (χ3v) is 2.43. The number of nitrogens with zero attached hydrogens (tertiary/aromatic N) is 1. The number of amides is 1. The van der Waals surface area contributed by atoms with Crippen molar-refractivity contribution in [2.75, 3.05) is 19.8 Å². The summed E-state index contributed by atoms with van der Waals surface area (Å²) in [6.07, 6.45) is 0. The lowest BCUT2D eigenvalue weighted by molar-refractivity contribution is -0.125. The maximum absolute atomic E-state index is 11.3. The summed E-state index contributed by atoms with van der Waals surface area (Å²) in [6.45, 7) is 4.51. The van der Waals surface area contributed by atoms with E-state index in [0.717, 1.165) is 13.1 Å². The van der Waals surface area contributed by atoms with Crippen molar-refractivity contribution in [2.24, 2.45) is 0 Å². The number of nitrogens with one attached hydrogen (secondary N) is 3. The fourth-order valence-electron chi connectivity index (χ4n) is 1.71. The van der Waals surface area contributed by atoms with Gasteiger partial charge in [-0.15, -0.1) is 0 Å². The summed E-state index contributed by atoms with van der Waals surface area (Å²) < 4.78 is 0. The van der Waals surface area contributed by atoms with Crippen molar-refractivity contribution in [1.82, 2.24) is 21.1 Å². The first-order valence-corrected chi connectivity index (χ1v) is 4.33. The maximum Gasteiger partial charge on any atom is 0.241 e. The van der Waals surface area contributed by atoms with Crippen LogP contribution >= 0.6 is 0 Å². The van der Waals surface area contributed by atoms with Crippen molar-refractivity contribution in [3.8, 4) is 0 Å². The van der Waals surface area contributed by atoms with Gasteiger partial charge in [-0.25, -0.2) is 10.4 Å². The molecule has 0 saturated carbocycles. The van der Waals surface area contributed by atoms with E-state index in [4.69, 9.17) is 0 Å². The van der Waals surface area contributed by atoms with Gasteiger partial charge in [0, 0.05) is 19.1 Å². The number of rotatable bonds is 1. The van der Waals surface area contributed by atoms with Gasteiger partial charge in [0.25, 0.3) is 0 Å². The summed E-state index contributed by atoms with van der Waals surface area (Å²) in [7, 11) is 0. The van der Waals surface area contributed by atoms with Crippen LogP contribution in [0.5, 0.6) is 0 Å². The third-order valence-electron chi connectivity index (χ3n) is 2.43. The van der Waals surface area contributed by atoms with Crippen molar-refractivity contribution in [2.45, 2.75) is 19.0 Å². The molecular formula is C7H14N4O. The molecule has 2 saturated heterocycles. The summed E-state index contributed by atoms with van der Waals surface area (Å²) in [5.41, 5.74) is 3.15. The van der Waals surface area contributed by atoms with Crippen LogP contribution in [0.1, 0.15) is 6.92 Å². The van der Waals surface area contributed by atoms with E-state index < -0.39 is 0 Å². The summed E-state index contributed by atoms with van der Waals surface area (Å²) in [5.74, 6) is 0.106. The number of hydrazine groups is 1. The lowest BCUT2D eigenvalue weighted by atomic mass is 10.1. The van der Waals surface area contributed by atoms with E-state index in [-0.39, 0.29) is 18.0 Å². The molecule has 0 aromatic rings. The Morgan fingerprint density at radius 3 is 3.17 bits per heavy atom. The summed E-state index contributed by atoms with van der Waals surface area (Å²) in [5, 5.41) is 8.06. The third kappa shape index (κ3) is 1.20. The Labute approximate surface area is 71.5 Å². The Morgan fingerprint density at radius 2 is 2.50 bits per heavy atom. The Kier molecular flexibility index (Phi) is 2.00. The van der Waals surface area contributed by atoms with Gasteiger partial charge in [-0.05, 0) is 0 Å². The molecular weight excluding hydrogens is 156 g/mol. The Bertz CT molecular complexity index is 196. The van der Waals surface area contributed by atoms with E-state index in [2.05, 4.69) is 28.0 Å². The van der Waals surface area contributed by atoms with E-state index in [1.807, 2.05) is 0 Å². The molecule has 1 amide bonds. The first-order chi connectivity index (χ1) is 5.81. The highest BCUT2D eigenvalue weighted by molar-refractivity contribution is 5.83. The smallest absolute Gasteiger partial charge is 0.241 e. The van der Waals surface area contributed by atoms with Gasteiger partial charge in [-0.3, -0.25) is 10.1 Å². The van der Waals surface area contributed by atoms with E-state index in [1.54, 1.807) is 0 Å². The van der Waals surface area contributed by atoms with Crippen molar-refractivity contribution < 1.29 is 4.79 Å². The van der Waals surface area contributed by atoms with Crippen LogP contribution < -0.4 is 16.1 Å². The highest BCUT2D eigenvalue weighted by Crippen LogP contribution is 2.08. The molecule has 2 fully saturated rings. The minimum Gasteiger partial charge on any atom is -0.342 e. The topological polar surface area (TPSA) is 56.4 Å². The molecule has 0 spiro atoms. The van der Waals surface area contributed by atoms with Crippen LogP contribution in [0.15, 0.2) is 0 Å². The molecule has 2 rings (SSSR count). The molecule has 12 heavy (non-hydrogen) atoms. The standard InChI is InChI=1S/C7H14N4O/c1-2-11-3-5-6(10-11)7(12)9-4-8-5/h5-6,8,10H,2-4H2,1H3,(H,9,12). The molecule has 0 radical (unpaired) electrons. The van der Waals surface area contributed by atoms with Crippen molar-refractivity contribution in [3.63, 3.8) is 0 Å². The first-order valence-electron chi connectivity index (χ1n) is 4.33. The van der Waals surface area contributed by atoms with Gasteiger partial charge >= 0.3 is 0 Å². The molecule has 5 nitrogen and oxygen atoms in total. The predicted octanol–water partition coefficient (Wildman–Crippen LogP) is -1.76. The average molecular weight is 170 g/mol. The number of likely N-dealkylation sites (N-methyl/N-ethyl adjacent to an activating group) is 1. The number of carbonyl (C=O) groups excluding carboxylic acids is 1. The number of fused-ring (bicyclic) bond motifs is 1. The largest absolute Gasteiger partial charge is 0.342 e. The fourth-order valence-corrected chi connectivity index (χ4v) is 1.71. The van der Waals surface area contributed by atoms with E-state index >= 15 is 0 Å². The summed E-state index contributed by atoms with van der Waals surface area (Å²) in [4.78, 5) is 11.3. The average Bonchev–Trinajstić information content (AvgIpc) is 2.49. The Hall–Kier alpha value is -0.650. The van der Waals surface area contributed by atoms with E-state index in [1.165, 1.54) is 0 Å². The van der Waals surface area contributed by atoms with Gasteiger partial charge in [0.1, 0.15) is 6.04 Å². The molecule has 2 unspecified atom stereocenters. The van der Waals surface area contributed by atoms with Gasteiger partial charge in [0.15, 0.2) is 0 Å². The summed E-state index contributed by atoms with van der Waals surface area (Å²) >= 11 is 0. The van der Waals surface area contributed by atoms with Gasteiger partial charge in [-0.1, -0.05) is 6.92 Å². The van der Waals surface area contributed by atoms with Crippen LogP contribution in [0.4, 0.5) is 0 Å². The SMILES string of the molecule is CCN1CC2NCNC(=O)C2N1. The number of carbonyl (C=O) groups is 1. The van der Waals surface area contributed by atoms with E-state index in [0.29, 0.717) is 6.67 Å². The van der Waals surface area contributed by atoms with Crippen molar-refractivity contribution in [3.05, 3.63) is 0 Å². The number of hydrogen-bond acceptors (Lipinski definition) is 4. The molecule has 0 bridgehead atoms. The molecule has 0 aromatic carbocycles. The minimum absolute atomic E-state index is 0.0706. The second-order valence-corrected chi connectivity index (χ2v) is 3.17. The highest BCUT2D eigenvalue weighted by Gasteiger charge is 2.38. The van der Waals surface area contributed by atoms with Crippen LogP contribution in [-0.4, -0.2) is 42.8 Å². The highest BCUT2D eigenvalue weighted by atomic mass is 16.2. The molecule has 68 valence electrons. The predicted molar refractivity (Wildman–Crippen MR) is 44.1 cm³/mol. The van der Waals surface area contributed by atoms with Crippen LogP contribution in [0, 0.1) is 0 Å². The monoisotopic (exact) mass is 170 g/mol. The second-order valence-electron chi connectivity index (χ2n) is 3.17.